The van der Waals surface area contributed by atoms with Crippen LogP contribution in [0.2, 0.25) is 0 Å². The number of anilines is 2. The van der Waals surface area contributed by atoms with Crippen LogP contribution < -0.4 is 21.3 Å². The maximum Gasteiger partial charge on any atom is 0.255 e. The molecule has 7 nitrogen and oxygen atoms in total. The van der Waals surface area contributed by atoms with Crippen LogP contribution in [-0.4, -0.2) is 50.2 Å². The average molecular weight is 396 g/mol. The second-order valence-electron chi connectivity index (χ2n) is 7.24. The van der Waals surface area contributed by atoms with Crippen molar-refractivity contribution >= 4 is 23.2 Å². The predicted molar refractivity (Wildman–Crippen MR) is 114 cm³/mol. The fraction of sp³-hybridized carbons (Fsp3) is 0.364. The van der Waals surface area contributed by atoms with Crippen molar-refractivity contribution in [3.8, 4) is 0 Å². The van der Waals surface area contributed by atoms with Gasteiger partial charge in [-0.15, -0.1) is 0 Å². The van der Waals surface area contributed by atoms with Gasteiger partial charge in [0, 0.05) is 36.3 Å². The Kier molecular flexibility index (Phi) is 6.85. The lowest BCUT2D eigenvalue weighted by Gasteiger charge is -2.41. The molecule has 2 aromatic carbocycles. The van der Waals surface area contributed by atoms with Crippen LogP contribution in [-0.2, 0) is 4.74 Å². The summed E-state index contributed by atoms with van der Waals surface area (Å²) < 4.78 is 5.64. The second kappa shape index (κ2) is 9.54. The number of rotatable bonds is 6. The third-order valence-corrected chi connectivity index (χ3v) is 4.92. The first-order chi connectivity index (χ1) is 14.0. The molecule has 1 saturated heterocycles. The van der Waals surface area contributed by atoms with E-state index in [4.69, 9.17) is 10.5 Å². The number of nitrogens with two attached hydrogens (primary N) is 1. The zero-order valence-corrected chi connectivity index (χ0v) is 16.9. The highest BCUT2D eigenvalue weighted by Gasteiger charge is 2.28. The second-order valence-corrected chi connectivity index (χ2v) is 7.24. The Morgan fingerprint density at radius 1 is 1.03 bits per heavy atom. The molecule has 2 amide bonds. The Labute approximate surface area is 171 Å². The van der Waals surface area contributed by atoms with Gasteiger partial charge < -0.3 is 26.0 Å². The van der Waals surface area contributed by atoms with Crippen molar-refractivity contribution in [2.24, 2.45) is 5.73 Å². The van der Waals surface area contributed by atoms with E-state index in [1.54, 1.807) is 24.3 Å². The smallest absolute Gasteiger partial charge is 0.255 e. The minimum absolute atomic E-state index is 0.142. The van der Waals surface area contributed by atoms with Gasteiger partial charge in [0.1, 0.15) is 0 Å². The third-order valence-electron chi connectivity index (χ3n) is 4.92. The van der Waals surface area contributed by atoms with Gasteiger partial charge in [0.25, 0.3) is 11.8 Å². The lowest BCUT2D eigenvalue weighted by atomic mass is 10.1. The Morgan fingerprint density at radius 2 is 1.72 bits per heavy atom. The van der Waals surface area contributed by atoms with E-state index < -0.39 is 0 Å². The molecule has 0 aliphatic carbocycles. The van der Waals surface area contributed by atoms with E-state index in [2.05, 4.69) is 29.4 Å². The normalized spacial score (nSPS) is 18.9. The van der Waals surface area contributed by atoms with Crippen LogP contribution in [0, 0.1) is 0 Å². The van der Waals surface area contributed by atoms with Gasteiger partial charge in [-0.2, -0.15) is 0 Å². The van der Waals surface area contributed by atoms with Crippen molar-refractivity contribution in [2.75, 3.05) is 36.5 Å². The Morgan fingerprint density at radius 3 is 2.38 bits per heavy atom. The van der Waals surface area contributed by atoms with Crippen molar-refractivity contribution in [3.63, 3.8) is 0 Å². The van der Waals surface area contributed by atoms with E-state index in [1.807, 2.05) is 24.3 Å². The van der Waals surface area contributed by atoms with Crippen LogP contribution in [0.15, 0.2) is 48.5 Å². The average Bonchev–Trinajstić information content (AvgIpc) is 2.73. The number of hydrogen-bond acceptors (Lipinski definition) is 5. The molecule has 0 radical (unpaired) electrons. The van der Waals surface area contributed by atoms with Gasteiger partial charge >= 0.3 is 0 Å². The van der Waals surface area contributed by atoms with Gasteiger partial charge in [-0.05, 0) is 44.2 Å². The molecule has 2 unspecified atom stereocenters. The predicted octanol–water partition coefficient (Wildman–Crippen LogP) is 2.24. The monoisotopic (exact) mass is 396 g/mol. The number of morpholine rings is 1. The third kappa shape index (κ3) is 4.93. The molecule has 4 N–H and O–H groups in total. The molecule has 0 bridgehead atoms. The highest BCUT2D eigenvalue weighted by Crippen LogP contribution is 2.32. The molecular formula is C22H28N4O3. The number of carbonyl (C=O) groups is 2. The van der Waals surface area contributed by atoms with Gasteiger partial charge in [0.15, 0.2) is 0 Å². The molecule has 0 aromatic heterocycles. The molecule has 1 heterocycles. The number of amides is 2. The summed E-state index contributed by atoms with van der Waals surface area (Å²) in [6, 6.07) is 14.7. The van der Waals surface area contributed by atoms with Crippen molar-refractivity contribution in [1.29, 1.82) is 0 Å². The van der Waals surface area contributed by atoms with E-state index >= 15 is 0 Å². The summed E-state index contributed by atoms with van der Waals surface area (Å²) in [6.45, 7) is 6.14. The highest BCUT2D eigenvalue weighted by atomic mass is 16.5. The van der Waals surface area contributed by atoms with Gasteiger partial charge in [-0.25, -0.2) is 0 Å². The van der Waals surface area contributed by atoms with Crippen molar-refractivity contribution in [2.45, 2.75) is 25.9 Å². The fourth-order valence-electron chi connectivity index (χ4n) is 3.55. The number of nitrogens with one attached hydrogen (secondary N) is 2. The number of benzene rings is 2. The van der Waals surface area contributed by atoms with E-state index in [1.165, 1.54) is 0 Å². The first-order valence-electron chi connectivity index (χ1n) is 9.86. The van der Waals surface area contributed by atoms with Gasteiger partial charge in [-0.3, -0.25) is 9.59 Å². The van der Waals surface area contributed by atoms with E-state index in [0.29, 0.717) is 43.1 Å². The fourth-order valence-corrected chi connectivity index (χ4v) is 3.55. The zero-order valence-electron chi connectivity index (χ0n) is 16.9. The molecule has 0 saturated carbocycles. The first kappa shape index (κ1) is 20.8. The maximum atomic E-state index is 12.8. The van der Waals surface area contributed by atoms with Crippen LogP contribution in [0.3, 0.4) is 0 Å². The molecule has 1 aliphatic heterocycles. The molecule has 1 fully saturated rings. The van der Waals surface area contributed by atoms with E-state index in [9.17, 15) is 9.59 Å². The van der Waals surface area contributed by atoms with Gasteiger partial charge in [0.05, 0.1) is 24.6 Å². The molecule has 2 atom stereocenters. The Bertz CT molecular complexity index is 846. The minimum atomic E-state index is -0.222. The molecule has 7 heteroatoms. The maximum absolute atomic E-state index is 12.8. The highest BCUT2D eigenvalue weighted by molar-refractivity contribution is 6.07. The zero-order chi connectivity index (χ0) is 20.8. The largest absolute Gasteiger partial charge is 0.377 e. The number of hydrogen-bond donors (Lipinski definition) is 3. The quantitative estimate of drug-likeness (QED) is 0.696. The summed E-state index contributed by atoms with van der Waals surface area (Å²) >= 11 is 0. The number of ether oxygens (including phenoxy) is 1. The molecule has 154 valence electrons. The Balaban J connectivity index is 1.96. The van der Waals surface area contributed by atoms with Crippen LogP contribution in [0.25, 0.3) is 0 Å². The van der Waals surface area contributed by atoms with Crippen LogP contribution >= 0.6 is 0 Å². The molecule has 0 spiro atoms. The van der Waals surface area contributed by atoms with Gasteiger partial charge in [-0.1, -0.05) is 18.2 Å². The molecule has 29 heavy (non-hydrogen) atoms. The summed E-state index contributed by atoms with van der Waals surface area (Å²) in [5.74, 6) is -0.444. The van der Waals surface area contributed by atoms with Crippen LogP contribution in [0.1, 0.15) is 34.6 Å². The summed E-state index contributed by atoms with van der Waals surface area (Å²) in [5, 5.41) is 5.76. The lowest BCUT2D eigenvalue weighted by Crippen LogP contribution is -2.50. The molecular weight excluding hydrogens is 368 g/mol. The first-order valence-corrected chi connectivity index (χ1v) is 9.86. The molecule has 1 aliphatic rings. The molecule has 3 rings (SSSR count). The lowest BCUT2D eigenvalue weighted by molar-refractivity contribution is 0.0757. The number of carbonyl (C=O) groups excluding carboxylic acids is 2. The summed E-state index contributed by atoms with van der Waals surface area (Å²) in [5.41, 5.74) is 7.97. The van der Waals surface area contributed by atoms with E-state index in [0.717, 1.165) is 5.69 Å². The van der Waals surface area contributed by atoms with Crippen molar-refractivity contribution < 1.29 is 14.3 Å². The SMILES string of the molecule is CC1COCC(C)N1c1ccc(C(=O)NCCN)cc1NC(=O)c1ccccc1. The Hall–Kier alpha value is -2.90. The van der Waals surface area contributed by atoms with Crippen LogP contribution in [0.4, 0.5) is 11.4 Å². The minimum Gasteiger partial charge on any atom is -0.377 e. The summed E-state index contributed by atoms with van der Waals surface area (Å²) in [4.78, 5) is 27.4. The number of nitrogens with zero attached hydrogens (tertiary/aromatic N) is 1. The summed E-state index contributed by atoms with van der Waals surface area (Å²) in [6.07, 6.45) is 0. The summed E-state index contributed by atoms with van der Waals surface area (Å²) in [7, 11) is 0. The van der Waals surface area contributed by atoms with Crippen molar-refractivity contribution in [3.05, 3.63) is 59.7 Å². The van der Waals surface area contributed by atoms with Crippen LogP contribution in [0.5, 0.6) is 0 Å². The van der Waals surface area contributed by atoms with Crippen molar-refractivity contribution in [1.82, 2.24) is 5.32 Å². The molecule has 2 aromatic rings. The topological polar surface area (TPSA) is 96.7 Å². The van der Waals surface area contributed by atoms with Gasteiger partial charge in [0.2, 0.25) is 0 Å². The van der Waals surface area contributed by atoms with E-state index in [-0.39, 0.29) is 23.9 Å². The standard InChI is InChI=1S/C22H28N4O3/c1-15-13-29-14-16(2)26(15)20-9-8-18(21(27)24-11-10-23)12-19(20)25-22(28)17-6-4-3-5-7-17/h3-9,12,15-16H,10-11,13-14,23H2,1-2H3,(H,24,27)(H,25,28).